The summed E-state index contributed by atoms with van der Waals surface area (Å²) in [7, 11) is 0. The highest BCUT2D eigenvalue weighted by Crippen LogP contribution is 2.43. The largest absolute Gasteiger partial charge is 0.507 e. The van der Waals surface area contributed by atoms with Gasteiger partial charge in [-0.1, -0.05) is 41.5 Å². The topological polar surface area (TPSA) is 100 Å². The molecule has 132 valence electrons. The molecule has 0 bridgehead atoms. The predicted octanol–water partition coefficient (Wildman–Crippen LogP) is 3.04. The van der Waals surface area contributed by atoms with E-state index in [1.54, 1.807) is 6.34 Å². The molecule has 1 unspecified atom stereocenters. The van der Waals surface area contributed by atoms with Crippen molar-refractivity contribution in [1.82, 2.24) is 0 Å². The molecule has 5 N–H and O–H groups in total. The SMILES string of the molecule is CC(C)(C)c1cc(N2C=NC(N=C(N)N)S2)cc(C(C)(C)C)c1O. The average Bonchev–Trinajstić information content (AvgIpc) is 2.83. The molecule has 1 heterocycles. The summed E-state index contributed by atoms with van der Waals surface area (Å²) in [4.78, 5) is 8.35. The van der Waals surface area contributed by atoms with Gasteiger partial charge in [-0.15, -0.1) is 0 Å². The standard InChI is InChI=1S/C17H27N5OS/c1-16(2,3)11-7-10(8-12(13(11)23)17(4,5)6)22-9-20-15(24-22)21-14(18)19/h7-9,15,23H,1-6H3,(H4,18,19,21). The van der Waals surface area contributed by atoms with Gasteiger partial charge in [-0.25, -0.2) is 9.98 Å². The monoisotopic (exact) mass is 349 g/mol. The summed E-state index contributed by atoms with van der Waals surface area (Å²) >= 11 is 1.42. The van der Waals surface area contributed by atoms with Crippen LogP contribution in [0.3, 0.4) is 0 Å². The van der Waals surface area contributed by atoms with E-state index in [1.165, 1.54) is 11.9 Å². The van der Waals surface area contributed by atoms with E-state index in [4.69, 9.17) is 11.5 Å². The Morgan fingerprint density at radius 1 is 1.12 bits per heavy atom. The van der Waals surface area contributed by atoms with E-state index in [0.717, 1.165) is 16.8 Å². The second kappa shape index (κ2) is 6.20. The van der Waals surface area contributed by atoms with Crippen LogP contribution in [0.4, 0.5) is 5.69 Å². The first-order chi connectivity index (χ1) is 10.9. The first kappa shape index (κ1) is 18.4. The van der Waals surface area contributed by atoms with Crippen molar-refractivity contribution in [3.63, 3.8) is 0 Å². The number of guanidine groups is 1. The van der Waals surface area contributed by atoms with Gasteiger partial charge in [0.15, 0.2) is 5.96 Å². The van der Waals surface area contributed by atoms with Gasteiger partial charge in [0.1, 0.15) is 12.1 Å². The minimum Gasteiger partial charge on any atom is -0.507 e. The van der Waals surface area contributed by atoms with Gasteiger partial charge in [-0.3, -0.25) is 4.31 Å². The Morgan fingerprint density at radius 2 is 1.62 bits per heavy atom. The molecular formula is C17H27N5OS. The molecule has 0 amide bonds. The molecule has 24 heavy (non-hydrogen) atoms. The lowest BCUT2D eigenvalue weighted by Crippen LogP contribution is -2.24. The van der Waals surface area contributed by atoms with Crippen LogP contribution in [-0.2, 0) is 10.8 Å². The minimum atomic E-state index is -0.375. The maximum absolute atomic E-state index is 10.8. The Labute approximate surface area is 148 Å². The Kier molecular flexibility index (Phi) is 4.77. The van der Waals surface area contributed by atoms with Crippen LogP contribution >= 0.6 is 11.9 Å². The van der Waals surface area contributed by atoms with Crippen molar-refractivity contribution in [3.05, 3.63) is 23.3 Å². The maximum Gasteiger partial charge on any atom is 0.210 e. The van der Waals surface area contributed by atoms with Crippen LogP contribution in [0.2, 0.25) is 0 Å². The quantitative estimate of drug-likeness (QED) is 0.433. The normalized spacial score (nSPS) is 18.1. The summed E-state index contributed by atoms with van der Waals surface area (Å²) in [6.45, 7) is 12.5. The molecule has 7 heteroatoms. The first-order valence-corrected chi connectivity index (χ1v) is 8.69. The van der Waals surface area contributed by atoms with Crippen molar-refractivity contribution in [3.8, 4) is 5.75 Å². The molecule has 0 saturated heterocycles. The predicted molar refractivity (Wildman–Crippen MR) is 104 cm³/mol. The van der Waals surface area contributed by atoms with Crippen LogP contribution in [-0.4, -0.2) is 22.9 Å². The third-order valence-corrected chi connectivity index (χ3v) is 4.68. The Morgan fingerprint density at radius 3 is 2.04 bits per heavy atom. The fourth-order valence-electron chi connectivity index (χ4n) is 2.48. The van der Waals surface area contributed by atoms with E-state index in [-0.39, 0.29) is 22.3 Å². The van der Waals surface area contributed by atoms with Gasteiger partial charge in [0.2, 0.25) is 5.50 Å². The highest BCUT2D eigenvalue weighted by atomic mass is 32.2. The van der Waals surface area contributed by atoms with Crippen LogP contribution < -0.4 is 15.8 Å². The number of nitrogens with two attached hydrogens (primary N) is 2. The van der Waals surface area contributed by atoms with Crippen molar-refractivity contribution in [1.29, 1.82) is 0 Å². The Hall–Kier alpha value is -1.89. The molecule has 1 atom stereocenters. The fourth-order valence-corrected chi connectivity index (χ4v) is 3.29. The molecular weight excluding hydrogens is 322 g/mol. The molecule has 0 spiro atoms. The van der Waals surface area contributed by atoms with E-state index < -0.39 is 0 Å². The number of aliphatic imine (C=N–C) groups is 2. The molecule has 1 aliphatic rings. The summed E-state index contributed by atoms with van der Waals surface area (Å²) in [6, 6.07) is 4.00. The molecule has 0 aromatic heterocycles. The Bertz CT molecular complexity index is 646. The second-order valence-corrected chi connectivity index (χ2v) is 8.99. The number of phenolic OH excluding ortho intramolecular Hbond substituents is 1. The van der Waals surface area contributed by atoms with Gasteiger partial charge in [0.05, 0.1) is 5.69 Å². The highest BCUT2D eigenvalue weighted by molar-refractivity contribution is 8.02. The van der Waals surface area contributed by atoms with Crippen LogP contribution in [0.5, 0.6) is 5.75 Å². The second-order valence-electron chi connectivity index (χ2n) is 7.97. The smallest absolute Gasteiger partial charge is 0.210 e. The van der Waals surface area contributed by atoms with Gasteiger partial charge >= 0.3 is 0 Å². The molecule has 6 nitrogen and oxygen atoms in total. The van der Waals surface area contributed by atoms with Crippen LogP contribution in [0.1, 0.15) is 52.7 Å². The molecule has 0 aliphatic carbocycles. The number of rotatable bonds is 2. The molecule has 0 saturated carbocycles. The molecule has 1 aromatic rings. The fraction of sp³-hybridized carbons (Fsp3) is 0.529. The van der Waals surface area contributed by atoms with Gasteiger partial charge in [0.25, 0.3) is 0 Å². The van der Waals surface area contributed by atoms with E-state index in [0.29, 0.717) is 5.75 Å². The lowest BCUT2D eigenvalue weighted by molar-refractivity contribution is 0.423. The van der Waals surface area contributed by atoms with Crippen molar-refractivity contribution < 1.29 is 5.11 Å². The van der Waals surface area contributed by atoms with Gasteiger partial charge in [-0.05, 0) is 23.0 Å². The Balaban J connectivity index is 2.49. The summed E-state index contributed by atoms with van der Waals surface area (Å²) in [5.74, 6) is 0.378. The average molecular weight is 350 g/mol. The number of aromatic hydroxyl groups is 1. The zero-order chi connectivity index (χ0) is 18.3. The maximum atomic E-state index is 10.8. The molecule has 1 aromatic carbocycles. The van der Waals surface area contributed by atoms with E-state index >= 15 is 0 Å². The number of phenols is 1. The summed E-state index contributed by atoms with van der Waals surface area (Å²) in [5.41, 5.74) is 12.9. The molecule has 2 rings (SSSR count). The summed E-state index contributed by atoms with van der Waals surface area (Å²) in [6.07, 6.45) is 1.72. The number of hydrogen-bond donors (Lipinski definition) is 3. The summed E-state index contributed by atoms with van der Waals surface area (Å²) in [5, 5.41) is 10.8. The number of anilines is 1. The van der Waals surface area contributed by atoms with E-state index in [9.17, 15) is 5.11 Å². The lowest BCUT2D eigenvalue weighted by atomic mass is 9.79. The minimum absolute atomic E-state index is 0.0166. The van der Waals surface area contributed by atoms with E-state index in [2.05, 4.69) is 51.5 Å². The van der Waals surface area contributed by atoms with Crippen LogP contribution in [0, 0.1) is 0 Å². The van der Waals surface area contributed by atoms with Crippen molar-refractivity contribution in [2.75, 3.05) is 4.31 Å². The van der Waals surface area contributed by atoms with Crippen molar-refractivity contribution in [2.24, 2.45) is 21.5 Å². The highest BCUT2D eigenvalue weighted by Gasteiger charge is 2.29. The number of benzene rings is 1. The van der Waals surface area contributed by atoms with Crippen LogP contribution in [0.15, 0.2) is 22.1 Å². The first-order valence-electron chi connectivity index (χ1n) is 7.85. The third-order valence-electron chi connectivity index (χ3n) is 3.73. The van der Waals surface area contributed by atoms with Gasteiger partial charge < -0.3 is 16.6 Å². The molecule has 1 aliphatic heterocycles. The third kappa shape index (κ3) is 3.95. The zero-order valence-corrected chi connectivity index (χ0v) is 16.0. The van der Waals surface area contributed by atoms with Crippen molar-refractivity contribution >= 4 is 29.9 Å². The van der Waals surface area contributed by atoms with Gasteiger partial charge in [0, 0.05) is 23.1 Å². The number of nitrogens with zero attached hydrogens (tertiary/aromatic N) is 3. The molecule has 0 fully saturated rings. The zero-order valence-electron chi connectivity index (χ0n) is 15.2. The van der Waals surface area contributed by atoms with E-state index in [1.807, 2.05) is 16.4 Å². The summed E-state index contributed by atoms with van der Waals surface area (Å²) < 4.78 is 1.93. The molecule has 0 radical (unpaired) electrons. The van der Waals surface area contributed by atoms with Crippen molar-refractivity contribution in [2.45, 2.75) is 57.9 Å². The lowest BCUT2D eigenvalue weighted by Gasteiger charge is -2.29. The number of hydrogen-bond acceptors (Lipinski definition) is 5. The van der Waals surface area contributed by atoms with Crippen LogP contribution in [0.25, 0.3) is 0 Å². The van der Waals surface area contributed by atoms with Gasteiger partial charge in [-0.2, -0.15) is 0 Å².